The van der Waals surface area contributed by atoms with Gasteiger partial charge in [-0.25, -0.2) is 4.98 Å². The topological polar surface area (TPSA) is 69.7 Å². The molecule has 0 saturated carbocycles. The second kappa shape index (κ2) is 7.74. The molecule has 0 unspecified atom stereocenters. The summed E-state index contributed by atoms with van der Waals surface area (Å²) >= 11 is 0. The van der Waals surface area contributed by atoms with E-state index in [0.29, 0.717) is 29.5 Å². The number of hydrogen-bond donors (Lipinski definition) is 1. The van der Waals surface area contributed by atoms with E-state index in [4.69, 9.17) is 14.2 Å². The predicted octanol–water partition coefficient (Wildman–Crippen LogP) is 3.19. The molecular weight excluding hydrogens is 332 g/mol. The van der Waals surface area contributed by atoms with Crippen molar-refractivity contribution in [2.75, 3.05) is 21.3 Å². The minimum absolute atomic E-state index is 0.246. The van der Waals surface area contributed by atoms with Crippen molar-refractivity contribution in [3.05, 3.63) is 59.8 Å². The number of aromatic nitrogens is 1. The number of carbonyl (C=O) groups excluding carboxylic acids is 1. The van der Waals surface area contributed by atoms with E-state index < -0.39 is 0 Å². The Labute approximate surface area is 151 Å². The van der Waals surface area contributed by atoms with E-state index in [2.05, 4.69) is 10.3 Å². The molecule has 0 atom stereocenters. The number of fused-ring (bicyclic) bond motifs is 1. The molecule has 0 fully saturated rings. The van der Waals surface area contributed by atoms with Crippen LogP contribution in [0.4, 0.5) is 0 Å². The van der Waals surface area contributed by atoms with E-state index in [1.54, 1.807) is 39.5 Å². The quantitative estimate of drug-likeness (QED) is 0.738. The van der Waals surface area contributed by atoms with Crippen molar-refractivity contribution in [3.63, 3.8) is 0 Å². The lowest BCUT2D eigenvalue weighted by Crippen LogP contribution is -2.23. The summed E-state index contributed by atoms with van der Waals surface area (Å²) in [7, 11) is 4.66. The first-order chi connectivity index (χ1) is 12.7. The van der Waals surface area contributed by atoms with Gasteiger partial charge in [0.25, 0.3) is 5.91 Å². The van der Waals surface area contributed by atoms with E-state index in [-0.39, 0.29) is 5.91 Å². The molecule has 1 N–H and O–H groups in total. The van der Waals surface area contributed by atoms with Crippen LogP contribution in [-0.4, -0.2) is 32.2 Å². The largest absolute Gasteiger partial charge is 0.493 e. The van der Waals surface area contributed by atoms with Gasteiger partial charge >= 0.3 is 0 Å². The molecule has 3 rings (SSSR count). The number of ether oxygens (including phenoxy) is 3. The van der Waals surface area contributed by atoms with Crippen LogP contribution in [0.3, 0.4) is 0 Å². The van der Waals surface area contributed by atoms with Crippen molar-refractivity contribution in [1.29, 1.82) is 0 Å². The molecule has 1 aromatic heterocycles. The molecule has 1 heterocycles. The van der Waals surface area contributed by atoms with Gasteiger partial charge in [0.15, 0.2) is 11.5 Å². The molecule has 0 saturated heterocycles. The summed E-state index contributed by atoms with van der Waals surface area (Å²) < 4.78 is 16.0. The van der Waals surface area contributed by atoms with Crippen LogP contribution in [0.25, 0.3) is 10.9 Å². The second-order valence-corrected chi connectivity index (χ2v) is 5.61. The van der Waals surface area contributed by atoms with E-state index in [1.165, 1.54) is 0 Å². The van der Waals surface area contributed by atoms with Crippen LogP contribution >= 0.6 is 0 Å². The Hall–Kier alpha value is -3.28. The fourth-order valence-corrected chi connectivity index (χ4v) is 2.70. The monoisotopic (exact) mass is 352 g/mol. The maximum atomic E-state index is 12.4. The van der Waals surface area contributed by atoms with Crippen LogP contribution < -0.4 is 19.5 Å². The Morgan fingerprint density at radius 1 is 0.962 bits per heavy atom. The zero-order valence-electron chi connectivity index (χ0n) is 14.9. The van der Waals surface area contributed by atoms with Gasteiger partial charge < -0.3 is 19.5 Å². The Morgan fingerprint density at radius 3 is 2.31 bits per heavy atom. The first kappa shape index (κ1) is 17.5. The Balaban J connectivity index is 1.78. The fraction of sp³-hybridized carbons (Fsp3) is 0.200. The first-order valence-electron chi connectivity index (χ1n) is 8.09. The molecule has 0 bridgehead atoms. The Morgan fingerprint density at radius 2 is 1.65 bits per heavy atom. The van der Waals surface area contributed by atoms with Gasteiger partial charge in [-0.05, 0) is 29.8 Å². The minimum Gasteiger partial charge on any atom is -0.493 e. The molecule has 2 aromatic carbocycles. The third kappa shape index (κ3) is 3.54. The van der Waals surface area contributed by atoms with E-state index in [0.717, 1.165) is 16.5 Å². The smallest absolute Gasteiger partial charge is 0.270 e. The molecule has 1 amide bonds. The average molecular weight is 352 g/mol. The standard InChI is InChI=1S/C20H20N2O4/c1-24-17-10-13(11-18(25-2)19(17)26-3)12-21-20(23)16-9-8-14-6-4-5-7-15(14)22-16/h4-11H,12H2,1-3H3,(H,21,23). The highest BCUT2D eigenvalue weighted by atomic mass is 16.5. The lowest BCUT2D eigenvalue weighted by molar-refractivity contribution is 0.0946. The fourth-order valence-electron chi connectivity index (χ4n) is 2.70. The third-order valence-corrected chi connectivity index (χ3v) is 4.01. The number of pyridine rings is 1. The normalized spacial score (nSPS) is 10.4. The molecule has 134 valence electrons. The zero-order valence-corrected chi connectivity index (χ0v) is 14.9. The van der Waals surface area contributed by atoms with Crippen LogP contribution in [0.15, 0.2) is 48.5 Å². The van der Waals surface area contributed by atoms with Crippen LogP contribution in [0.2, 0.25) is 0 Å². The number of para-hydroxylation sites is 1. The predicted molar refractivity (Wildman–Crippen MR) is 99.0 cm³/mol. The summed E-state index contributed by atoms with van der Waals surface area (Å²) in [6.45, 7) is 0.310. The van der Waals surface area contributed by atoms with E-state index in [9.17, 15) is 4.79 Å². The summed E-state index contributed by atoms with van der Waals surface area (Å²) in [5, 5.41) is 3.86. The molecule has 26 heavy (non-hydrogen) atoms. The SMILES string of the molecule is COc1cc(CNC(=O)c2ccc3ccccc3n2)cc(OC)c1OC. The van der Waals surface area contributed by atoms with Crippen molar-refractivity contribution < 1.29 is 19.0 Å². The van der Waals surface area contributed by atoms with Gasteiger partial charge in [-0.1, -0.05) is 24.3 Å². The summed E-state index contributed by atoms with van der Waals surface area (Å²) in [4.78, 5) is 16.8. The number of rotatable bonds is 6. The summed E-state index contributed by atoms with van der Waals surface area (Å²) in [6.07, 6.45) is 0. The van der Waals surface area contributed by atoms with Crippen molar-refractivity contribution in [3.8, 4) is 17.2 Å². The summed E-state index contributed by atoms with van der Waals surface area (Å²) in [6, 6.07) is 14.9. The second-order valence-electron chi connectivity index (χ2n) is 5.61. The molecule has 3 aromatic rings. The van der Waals surface area contributed by atoms with Crippen LogP contribution in [0, 0.1) is 0 Å². The molecule has 0 radical (unpaired) electrons. The number of hydrogen-bond acceptors (Lipinski definition) is 5. The lowest BCUT2D eigenvalue weighted by atomic mass is 10.1. The van der Waals surface area contributed by atoms with Gasteiger partial charge in [0.05, 0.1) is 26.8 Å². The van der Waals surface area contributed by atoms with Crippen LogP contribution in [0.1, 0.15) is 16.1 Å². The van der Waals surface area contributed by atoms with Gasteiger partial charge in [0.2, 0.25) is 5.75 Å². The Bertz CT molecular complexity index is 915. The number of nitrogens with zero attached hydrogens (tertiary/aromatic N) is 1. The summed E-state index contributed by atoms with van der Waals surface area (Å²) in [5.41, 5.74) is 1.98. The maximum Gasteiger partial charge on any atom is 0.270 e. The summed E-state index contributed by atoms with van der Waals surface area (Å²) in [5.74, 6) is 1.35. The van der Waals surface area contributed by atoms with Gasteiger partial charge in [-0.2, -0.15) is 0 Å². The maximum absolute atomic E-state index is 12.4. The number of nitrogens with one attached hydrogen (secondary N) is 1. The highest BCUT2D eigenvalue weighted by Crippen LogP contribution is 2.38. The van der Waals surface area contributed by atoms with Gasteiger partial charge in [-0.3, -0.25) is 4.79 Å². The molecule has 0 aliphatic rings. The van der Waals surface area contributed by atoms with Crippen molar-refractivity contribution in [2.45, 2.75) is 6.54 Å². The third-order valence-electron chi connectivity index (χ3n) is 4.01. The minimum atomic E-state index is -0.246. The molecule has 6 heteroatoms. The van der Waals surface area contributed by atoms with E-state index >= 15 is 0 Å². The Kier molecular flexibility index (Phi) is 5.22. The van der Waals surface area contributed by atoms with Crippen LogP contribution in [0.5, 0.6) is 17.2 Å². The molecule has 6 nitrogen and oxygen atoms in total. The molecule has 0 spiro atoms. The average Bonchev–Trinajstić information content (AvgIpc) is 2.70. The molecule has 0 aliphatic carbocycles. The lowest BCUT2D eigenvalue weighted by Gasteiger charge is -2.14. The van der Waals surface area contributed by atoms with Gasteiger partial charge in [0.1, 0.15) is 5.69 Å². The van der Waals surface area contributed by atoms with Crippen molar-refractivity contribution in [2.24, 2.45) is 0 Å². The van der Waals surface area contributed by atoms with Crippen LogP contribution in [-0.2, 0) is 6.54 Å². The molecular formula is C20H20N2O4. The first-order valence-corrected chi connectivity index (χ1v) is 8.09. The highest BCUT2D eigenvalue weighted by molar-refractivity contribution is 5.94. The number of amides is 1. The zero-order chi connectivity index (χ0) is 18.5. The highest BCUT2D eigenvalue weighted by Gasteiger charge is 2.14. The van der Waals surface area contributed by atoms with Gasteiger partial charge in [0, 0.05) is 11.9 Å². The molecule has 0 aliphatic heterocycles. The van der Waals surface area contributed by atoms with Crippen molar-refractivity contribution in [1.82, 2.24) is 10.3 Å². The number of methoxy groups -OCH3 is 3. The van der Waals surface area contributed by atoms with Crippen molar-refractivity contribution >= 4 is 16.8 Å². The van der Waals surface area contributed by atoms with Gasteiger partial charge in [-0.15, -0.1) is 0 Å². The number of benzene rings is 2. The van der Waals surface area contributed by atoms with E-state index in [1.807, 2.05) is 30.3 Å². The number of carbonyl (C=O) groups is 1.